The number of benzene rings is 3. The molecule has 11 rings (SSSR count). The zero-order valence-electron chi connectivity index (χ0n) is 29.0. The van der Waals surface area contributed by atoms with Gasteiger partial charge in [0.05, 0.1) is 46.2 Å². The third-order valence-electron chi connectivity index (χ3n) is 13.5. The van der Waals surface area contributed by atoms with Gasteiger partial charge in [0.25, 0.3) is 0 Å². The largest absolute Gasteiger partial charge is 0.367 e. The summed E-state index contributed by atoms with van der Waals surface area (Å²) in [6, 6.07) is 17.9. The van der Waals surface area contributed by atoms with Crippen molar-refractivity contribution in [2.75, 3.05) is 22.9 Å². The number of hydrogen-bond acceptors (Lipinski definition) is 6. The minimum absolute atomic E-state index is 0.0577. The van der Waals surface area contributed by atoms with Crippen molar-refractivity contribution in [3.8, 4) is 0 Å². The highest BCUT2D eigenvalue weighted by Crippen LogP contribution is 2.49. The number of piperidine rings is 3. The highest BCUT2D eigenvalue weighted by Gasteiger charge is 2.43. The molecular formula is C41H46F2N8. The summed E-state index contributed by atoms with van der Waals surface area (Å²) < 4.78 is 32.2. The highest BCUT2D eigenvalue weighted by molar-refractivity contribution is 5.78. The second kappa shape index (κ2) is 11.7. The van der Waals surface area contributed by atoms with Gasteiger partial charge in [-0.05, 0) is 130 Å². The smallest absolute Gasteiger partial charge is 0.151 e. The Morgan fingerprint density at radius 2 is 1.14 bits per heavy atom. The Kier molecular flexibility index (Phi) is 7.05. The number of hydrogen-bond donors (Lipinski definition) is 4. The van der Waals surface area contributed by atoms with Gasteiger partial charge in [0.1, 0.15) is 17.3 Å². The summed E-state index contributed by atoms with van der Waals surface area (Å²) >= 11 is 0. The summed E-state index contributed by atoms with van der Waals surface area (Å²) in [5, 5.41) is 7.56. The summed E-state index contributed by atoms with van der Waals surface area (Å²) in [6.45, 7) is 1.38. The molecule has 264 valence electrons. The van der Waals surface area contributed by atoms with Gasteiger partial charge in [0, 0.05) is 30.9 Å². The Bertz CT molecular complexity index is 2000. The van der Waals surface area contributed by atoms with Crippen molar-refractivity contribution in [3.63, 3.8) is 0 Å². The molecule has 4 N–H and O–H groups in total. The number of fused-ring (bicyclic) bond motifs is 6. The van der Waals surface area contributed by atoms with Gasteiger partial charge in [-0.15, -0.1) is 0 Å². The summed E-state index contributed by atoms with van der Waals surface area (Å²) in [7, 11) is 0. The van der Waals surface area contributed by atoms with Gasteiger partial charge in [-0.2, -0.15) is 0 Å². The van der Waals surface area contributed by atoms with Crippen molar-refractivity contribution < 1.29 is 8.78 Å². The van der Waals surface area contributed by atoms with Crippen LogP contribution in [-0.4, -0.2) is 45.1 Å². The van der Waals surface area contributed by atoms with E-state index >= 15 is 8.78 Å². The van der Waals surface area contributed by atoms with Crippen molar-refractivity contribution in [3.05, 3.63) is 82.9 Å². The lowest BCUT2D eigenvalue weighted by Crippen LogP contribution is -2.31. The van der Waals surface area contributed by atoms with Crippen LogP contribution in [0.3, 0.4) is 0 Å². The summed E-state index contributed by atoms with van der Waals surface area (Å²) in [4.78, 5) is 21.5. The van der Waals surface area contributed by atoms with Crippen LogP contribution in [0.25, 0.3) is 22.1 Å². The molecule has 8 nitrogen and oxygen atoms in total. The molecule has 2 aliphatic carbocycles. The van der Waals surface area contributed by atoms with Crippen LogP contribution in [-0.2, 0) is 0 Å². The lowest BCUT2D eigenvalue weighted by molar-refractivity contribution is 0.380. The zero-order valence-corrected chi connectivity index (χ0v) is 29.0. The van der Waals surface area contributed by atoms with E-state index in [2.05, 4.69) is 61.9 Å². The van der Waals surface area contributed by atoms with Crippen LogP contribution in [0.1, 0.15) is 118 Å². The van der Waals surface area contributed by atoms with Crippen molar-refractivity contribution in [2.24, 2.45) is 11.8 Å². The third-order valence-corrected chi connectivity index (χ3v) is 13.5. The molecule has 51 heavy (non-hydrogen) atoms. The van der Waals surface area contributed by atoms with Gasteiger partial charge in [0.2, 0.25) is 0 Å². The Hall–Kier alpha value is -4.02. The molecule has 3 aromatic carbocycles. The predicted octanol–water partition coefficient (Wildman–Crippen LogP) is 8.42. The molecule has 3 unspecified atom stereocenters. The van der Waals surface area contributed by atoms with E-state index in [1.54, 1.807) is 12.1 Å². The van der Waals surface area contributed by atoms with E-state index in [1.807, 2.05) is 4.90 Å². The first kappa shape index (κ1) is 30.6. The van der Waals surface area contributed by atoms with Gasteiger partial charge in [-0.25, -0.2) is 18.7 Å². The van der Waals surface area contributed by atoms with Crippen LogP contribution in [0.5, 0.6) is 0 Å². The van der Waals surface area contributed by atoms with Crippen LogP contribution < -0.4 is 20.4 Å². The molecule has 6 aliphatic rings. The molecule has 2 saturated carbocycles. The summed E-state index contributed by atoms with van der Waals surface area (Å²) in [6.07, 6.45) is 12.3. The number of aromatic amines is 2. The van der Waals surface area contributed by atoms with Crippen molar-refractivity contribution in [1.29, 1.82) is 0 Å². The number of nitrogens with zero attached hydrogens (tertiary/aromatic N) is 4. The molecule has 2 aromatic heterocycles. The molecule has 4 aliphatic heterocycles. The number of anilines is 2. The first-order valence-corrected chi connectivity index (χ1v) is 19.6. The maximum Gasteiger partial charge on any atom is 0.151 e. The molecule has 6 fully saturated rings. The van der Waals surface area contributed by atoms with Gasteiger partial charge in [-0.1, -0.05) is 12.1 Å². The fourth-order valence-corrected chi connectivity index (χ4v) is 11.1. The maximum atomic E-state index is 16.1. The lowest BCUT2D eigenvalue weighted by Gasteiger charge is -2.35. The van der Waals surface area contributed by atoms with Gasteiger partial charge < -0.3 is 30.4 Å². The van der Waals surface area contributed by atoms with Gasteiger partial charge in [0.15, 0.2) is 11.6 Å². The van der Waals surface area contributed by atoms with Crippen LogP contribution in [0.4, 0.5) is 20.2 Å². The van der Waals surface area contributed by atoms with E-state index in [4.69, 9.17) is 9.97 Å². The SMILES string of the molecule is Fc1cc(N2[C@@H](c3ccc4nc([C@H]5NC6CCC5C6)[nH]c4c3)CC[C@@H]2c2ccc3nc([C@H]4N[C@H]5CCC4C5)[nH]c3c2)cc(F)c1N1CCCCC1. The predicted molar refractivity (Wildman–Crippen MR) is 196 cm³/mol. The highest BCUT2D eigenvalue weighted by atomic mass is 19.1. The summed E-state index contributed by atoms with van der Waals surface area (Å²) in [5.41, 5.74) is 6.95. The number of halogens is 2. The normalized spacial score (nSPS) is 31.6. The van der Waals surface area contributed by atoms with Gasteiger partial charge >= 0.3 is 0 Å². The molecular weight excluding hydrogens is 643 g/mol. The molecule has 5 aromatic rings. The van der Waals surface area contributed by atoms with E-state index in [1.165, 1.54) is 38.5 Å². The average molecular weight is 689 g/mol. The second-order valence-corrected chi connectivity index (χ2v) is 16.4. The molecule has 8 atom stereocenters. The minimum atomic E-state index is -0.477. The fraction of sp³-hybridized carbons (Fsp3) is 0.512. The quantitative estimate of drug-likeness (QED) is 0.143. The monoisotopic (exact) mass is 688 g/mol. The van der Waals surface area contributed by atoms with Crippen LogP contribution in [0.15, 0.2) is 48.5 Å². The number of aromatic nitrogens is 4. The van der Waals surface area contributed by atoms with E-state index in [0.29, 0.717) is 42.7 Å². The third kappa shape index (κ3) is 5.03. The lowest BCUT2D eigenvalue weighted by atomic mass is 10.00. The molecule has 10 heteroatoms. The molecule has 4 saturated heterocycles. The van der Waals surface area contributed by atoms with Crippen molar-refractivity contribution in [1.82, 2.24) is 30.6 Å². The topological polar surface area (TPSA) is 87.9 Å². The Labute approximate surface area is 296 Å². The maximum absolute atomic E-state index is 16.1. The molecule has 0 amide bonds. The van der Waals surface area contributed by atoms with Crippen LogP contribution in [0, 0.1) is 23.5 Å². The van der Waals surface area contributed by atoms with E-state index < -0.39 is 11.6 Å². The Morgan fingerprint density at radius 3 is 1.61 bits per heavy atom. The van der Waals surface area contributed by atoms with Crippen molar-refractivity contribution in [2.45, 2.75) is 107 Å². The number of rotatable bonds is 6. The zero-order chi connectivity index (χ0) is 33.8. The van der Waals surface area contributed by atoms with E-state index in [0.717, 1.165) is 76.9 Å². The first-order chi connectivity index (χ1) is 25.0. The van der Waals surface area contributed by atoms with E-state index in [-0.39, 0.29) is 29.9 Å². The molecule has 6 heterocycles. The summed E-state index contributed by atoms with van der Waals surface area (Å²) in [5.74, 6) is 2.39. The Balaban J connectivity index is 0.965. The minimum Gasteiger partial charge on any atom is -0.367 e. The fourth-order valence-electron chi connectivity index (χ4n) is 11.1. The second-order valence-electron chi connectivity index (χ2n) is 16.4. The average Bonchev–Trinajstić information content (AvgIpc) is 4.01. The van der Waals surface area contributed by atoms with Crippen molar-refractivity contribution >= 4 is 33.4 Å². The number of H-pyrrole nitrogens is 2. The van der Waals surface area contributed by atoms with Crippen LogP contribution in [0.2, 0.25) is 0 Å². The standard InChI is InChI=1S/C41H46F2N8/c42-29-20-28(21-30(43)39(29)50-14-2-1-3-15-50)51-35(22-6-10-31-33(18-22)48-40(46-31)37-24-4-8-26(16-24)44-37)12-13-36(51)23-7-11-32-34(19-23)49-41(47-32)38-25-5-9-27(17-25)45-38/h6-7,10-11,18-21,24-27,35-38,44-45H,1-5,8-9,12-17H2,(H,46,48)(H,47,49)/t24?,25?,26-,27?,35+,36+,37-,38-/m0/s1. The Morgan fingerprint density at radius 1 is 0.608 bits per heavy atom. The molecule has 4 bridgehead atoms. The van der Waals surface area contributed by atoms with E-state index in [9.17, 15) is 0 Å². The van der Waals surface area contributed by atoms with Crippen LogP contribution >= 0.6 is 0 Å². The molecule has 0 radical (unpaired) electrons. The van der Waals surface area contributed by atoms with Gasteiger partial charge in [-0.3, -0.25) is 0 Å². The number of nitrogens with one attached hydrogen (secondary N) is 4. The molecule has 0 spiro atoms. The first-order valence-electron chi connectivity index (χ1n) is 19.6. The number of imidazole rings is 2.